The molecule has 3 aromatic rings. The minimum atomic E-state index is -0.624. The molecule has 25 heavy (non-hydrogen) atoms. The Labute approximate surface area is 150 Å². The van der Waals surface area contributed by atoms with Gasteiger partial charge in [-0.3, -0.25) is 0 Å². The van der Waals surface area contributed by atoms with Crippen molar-refractivity contribution < 1.29 is 14.3 Å². The van der Waals surface area contributed by atoms with E-state index in [4.69, 9.17) is 21.1 Å². The second-order valence-corrected chi connectivity index (χ2v) is 6.82. The Morgan fingerprint density at radius 3 is 2.60 bits per heavy atom. The number of ether oxygens (including phenoxy) is 2. The molecule has 2 heterocycles. The Kier molecular flexibility index (Phi) is 4.39. The number of carbonyl (C=O) groups excluding carboxylic acids is 1. The predicted molar refractivity (Wildman–Crippen MR) is 96.2 cm³/mol. The van der Waals surface area contributed by atoms with Gasteiger partial charge in [0, 0.05) is 11.6 Å². The third-order valence-corrected chi connectivity index (χ3v) is 3.66. The Balaban J connectivity index is 2.23. The summed E-state index contributed by atoms with van der Waals surface area (Å²) < 4.78 is 12.3. The summed E-state index contributed by atoms with van der Waals surface area (Å²) >= 11 is 5.91. The molecule has 0 saturated carbocycles. The van der Waals surface area contributed by atoms with Crippen LogP contribution in [0.15, 0.2) is 36.5 Å². The van der Waals surface area contributed by atoms with E-state index in [9.17, 15) is 4.79 Å². The zero-order valence-electron chi connectivity index (χ0n) is 14.4. The fraction of sp³-hybridized carbons (Fsp3) is 0.278. The van der Waals surface area contributed by atoms with Crippen LogP contribution in [-0.4, -0.2) is 33.3 Å². The zero-order chi connectivity index (χ0) is 18.2. The van der Waals surface area contributed by atoms with Gasteiger partial charge in [-0.15, -0.1) is 0 Å². The highest BCUT2D eigenvalue weighted by atomic mass is 35.5. The van der Waals surface area contributed by atoms with Crippen LogP contribution in [0.25, 0.3) is 22.3 Å². The number of nitrogens with zero attached hydrogens (tertiary/aromatic N) is 3. The van der Waals surface area contributed by atoms with Gasteiger partial charge in [0.15, 0.2) is 0 Å². The third-order valence-electron chi connectivity index (χ3n) is 3.47. The van der Waals surface area contributed by atoms with Gasteiger partial charge < -0.3 is 9.47 Å². The Hall–Kier alpha value is -2.60. The van der Waals surface area contributed by atoms with Crippen molar-refractivity contribution in [2.45, 2.75) is 26.4 Å². The van der Waals surface area contributed by atoms with E-state index < -0.39 is 11.7 Å². The first-order valence-electron chi connectivity index (χ1n) is 7.70. The van der Waals surface area contributed by atoms with Crippen LogP contribution in [0.1, 0.15) is 20.8 Å². The van der Waals surface area contributed by atoms with Gasteiger partial charge >= 0.3 is 6.09 Å². The molecule has 3 rings (SSSR count). The third kappa shape index (κ3) is 3.58. The van der Waals surface area contributed by atoms with E-state index in [-0.39, 0.29) is 5.28 Å². The van der Waals surface area contributed by atoms with Crippen molar-refractivity contribution in [1.82, 2.24) is 14.5 Å². The van der Waals surface area contributed by atoms with E-state index in [1.165, 1.54) is 4.57 Å². The van der Waals surface area contributed by atoms with Crippen molar-refractivity contribution in [3.05, 3.63) is 41.8 Å². The number of rotatable bonds is 2. The van der Waals surface area contributed by atoms with Gasteiger partial charge in [-0.1, -0.05) is 0 Å². The Morgan fingerprint density at radius 1 is 1.20 bits per heavy atom. The molecule has 0 aliphatic heterocycles. The number of hydrogen-bond acceptors (Lipinski definition) is 5. The summed E-state index contributed by atoms with van der Waals surface area (Å²) in [5.41, 5.74) is 1.17. The average molecular weight is 360 g/mol. The molecule has 0 spiro atoms. The maximum absolute atomic E-state index is 12.8. The SMILES string of the molecule is COc1ccc2c(c1)cc(-c1ccnc(Cl)n1)n2C(=O)OC(C)(C)C. The second-order valence-electron chi connectivity index (χ2n) is 6.48. The lowest BCUT2D eigenvalue weighted by Gasteiger charge is -2.21. The number of aromatic nitrogens is 3. The van der Waals surface area contributed by atoms with Crippen LogP contribution in [0.5, 0.6) is 5.75 Å². The molecule has 6 nitrogen and oxygen atoms in total. The van der Waals surface area contributed by atoms with Crippen LogP contribution in [0.4, 0.5) is 4.79 Å². The second kappa shape index (κ2) is 6.37. The summed E-state index contributed by atoms with van der Waals surface area (Å²) in [6.45, 7) is 5.46. The molecule has 2 aromatic heterocycles. The molecule has 0 fully saturated rings. The lowest BCUT2D eigenvalue weighted by atomic mass is 10.2. The van der Waals surface area contributed by atoms with E-state index in [0.717, 1.165) is 5.39 Å². The molecule has 130 valence electrons. The van der Waals surface area contributed by atoms with Gasteiger partial charge in [0.05, 0.1) is 24.0 Å². The molecule has 0 unspecified atom stereocenters. The van der Waals surface area contributed by atoms with E-state index in [1.807, 2.05) is 39.0 Å². The highest BCUT2D eigenvalue weighted by Crippen LogP contribution is 2.31. The van der Waals surface area contributed by atoms with E-state index >= 15 is 0 Å². The van der Waals surface area contributed by atoms with Gasteiger partial charge in [0.1, 0.15) is 11.4 Å². The van der Waals surface area contributed by atoms with Crippen LogP contribution in [-0.2, 0) is 4.74 Å². The summed E-state index contributed by atoms with van der Waals surface area (Å²) in [6, 6.07) is 8.99. The number of carbonyl (C=O) groups is 1. The van der Waals surface area contributed by atoms with Crippen molar-refractivity contribution in [2.24, 2.45) is 0 Å². The highest BCUT2D eigenvalue weighted by Gasteiger charge is 2.23. The van der Waals surface area contributed by atoms with Gasteiger partial charge in [-0.25, -0.2) is 19.3 Å². The highest BCUT2D eigenvalue weighted by molar-refractivity contribution is 6.28. The van der Waals surface area contributed by atoms with Crippen LogP contribution >= 0.6 is 11.6 Å². The molecule has 0 radical (unpaired) electrons. The maximum Gasteiger partial charge on any atom is 0.419 e. The minimum absolute atomic E-state index is 0.107. The van der Waals surface area contributed by atoms with E-state index in [1.54, 1.807) is 25.4 Å². The van der Waals surface area contributed by atoms with Gasteiger partial charge in [0.25, 0.3) is 0 Å². The van der Waals surface area contributed by atoms with Crippen LogP contribution < -0.4 is 4.74 Å². The minimum Gasteiger partial charge on any atom is -0.497 e. The molecule has 1 aromatic carbocycles. The van der Waals surface area contributed by atoms with Crippen LogP contribution in [0.3, 0.4) is 0 Å². The van der Waals surface area contributed by atoms with Crippen molar-refractivity contribution >= 4 is 28.6 Å². The number of halogens is 1. The molecule has 0 amide bonds. The molecule has 7 heteroatoms. The fourth-order valence-electron chi connectivity index (χ4n) is 2.49. The summed E-state index contributed by atoms with van der Waals surface area (Å²) in [5, 5.41) is 0.936. The lowest BCUT2D eigenvalue weighted by molar-refractivity contribution is 0.0547. The quantitative estimate of drug-likeness (QED) is 0.628. The van der Waals surface area contributed by atoms with Gasteiger partial charge in [-0.05, 0) is 62.7 Å². The molecule has 0 bridgehead atoms. The van der Waals surface area contributed by atoms with Crippen molar-refractivity contribution in [1.29, 1.82) is 0 Å². The standard InChI is InChI=1S/C18H18ClN3O3/c1-18(2,3)25-17(23)22-14-6-5-12(24-4)9-11(14)10-15(22)13-7-8-20-16(19)21-13/h5-10H,1-4H3. The van der Waals surface area contributed by atoms with E-state index in [0.29, 0.717) is 22.7 Å². The molecule has 0 N–H and O–H groups in total. The molecule has 0 atom stereocenters. The molecule has 0 saturated heterocycles. The Morgan fingerprint density at radius 2 is 1.96 bits per heavy atom. The van der Waals surface area contributed by atoms with Crippen LogP contribution in [0.2, 0.25) is 5.28 Å². The number of hydrogen-bond donors (Lipinski definition) is 0. The topological polar surface area (TPSA) is 66.2 Å². The number of methoxy groups -OCH3 is 1. The normalized spacial score (nSPS) is 11.6. The molecular formula is C18H18ClN3O3. The lowest BCUT2D eigenvalue weighted by Crippen LogP contribution is -2.27. The summed E-state index contributed by atoms with van der Waals surface area (Å²) in [4.78, 5) is 20.9. The summed E-state index contributed by atoms with van der Waals surface area (Å²) in [7, 11) is 1.59. The Bertz CT molecular complexity index is 944. The molecule has 0 aliphatic carbocycles. The number of benzene rings is 1. The first-order chi connectivity index (χ1) is 11.8. The van der Waals surface area contributed by atoms with Crippen molar-refractivity contribution in [3.8, 4) is 17.1 Å². The van der Waals surface area contributed by atoms with E-state index in [2.05, 4.69) is 9.97 Å². The van der Waals surface area contributed by atoms with Crippen LogP contribution in [0, 0.1) is 0 Å². The largest absolute Gasteiger partial charge is 0.497 e. The van der Waals surface area contributed by atoms with Crippen molar-refractivity contribution in [2.75, 3.05) is 7.11 Å². The monoisotopic (exact) mass is 359 g/mol. The smallest absolute Gasteiger partial charge is 0.419 e. The maximum atomic E-state index is 12.8. The summed E-state index contributed by atoms with van der Waals surface area (Å²) in [6.07, 6.45) is 1.06. The molecular weight excluding hydrogens is 342 g/mol. The van der Waals surface area contributed by atoms with Gasteiger partial charge in [-0.2, -0.15) is 0 Å². The fourth-order valence-corrected chi connectivity index (χ4v) is 2.64. The first-order valence-corrected chi connectivity index (χ1v) is 8.08. The first kappa shape index (κ1) is 17.2. The summed E-state index contributed by atoms with van der Waals surface area (Å²) in [5.74, 6) is 0.695. The average Bonchev–Trinajstić information content (AvgIpc) is 2.91. The predicted octanol–water partition coefficient (Wildman–Crippen LogP) is 4.54. The molecule has 0 aliphatic rings. The van der Waals surface area contributed by atoms with Gasteiger partial charge in [0.2, 0.25) is 5.28 Å². The number of fused-ring (bicyclic) bond motifs is 1. The zero-order valence-corrected chi connectivity index (χ0v) is 15.2. The van der Waals surface area contributed by atoms with Crippen molar-refractivity contribution in [3.63, 3.8) is 0 Å².